The molecule has 1 aromatic heterocycles. The standard InChI is InChI=1S/C12H10BrN3O/c1-16-12(11(13)9(7-14)15-16)8-5-3-4-6-10(8)17-2/h3-6H,1-2H3. The number of hydrogen-bond donors (Lipinski definition) is 0. The predicted molar refractivity (Wildman–Crippen MR) is 67.6 cm³/mol. The molecule has 0 N–H and O–H groups in total. The Kier molecular flexibility index (Phi) is 3.16. The molecule has 0 saturated carbocycles. The van der Waals surface area contributed by atoms with E-state index in [1.54, 1.807) is 18.8 Å². The molecular weight excluding hydrogens is 282 g/mol. The van der Waals surface area contributed by atoms with E-state index in [0.29, 0.717) is 10.2 Å². The van der Waals surface area contributed by atoms with E-state index in [1.165, 1.54) is 0 Å². The molecule has 1 heterocycles. The summed E-state index contributed by atoms with van der Waals surface area (Å²) in [7, 11) is 3.42. The Morgan fingerprint density at radius 3 is 2.71 bits per heavy atom. The number of methoxy groups -OCH3 is 1. The van der Waals surface area contributed by atoms with Crippen LogP contribution in [0.2, 0.25) is 0 Å². The molecule has 1 aromatic carbocycles. The highest BCUT2D eigenvalue weighted by Gasteiger charge is 2.17. The van der Waals surface area contributed by atoms with Crippen LogP contribution in [0.5, 0.6) is 5.75 Å². The highest BCUT2D eigenvalue weighted by atomic mass is 79.9. The minimum Gasteiger partial charge on any atom is -0.496 e. The van der Waals surface area contributed by atoms with Crippen LogP contribution in [-0.2, 0) is 7.05 Å². The molecule has 0 bridgehead atoms. The molecule has 5 heteroatoms. The van der Waals surface area contributed by atoms with Gasteiger partial charge < -0.3 is 4.74 Å². The van der Waals surface area contributed by atoms with Gasteiger partial charge in [-0.15, -0.1) is 0 Å². The first-order valence-electron chi connectivity index (χ1n) is 4.95. The number of nitrogens with zero attached hydrogens (tertiary/aromatic N) is 3. The van der Waals surface area contributed by atoms with Gasteiger partial charge in [0.05, 0.1) is 17.3 Å². The van der Waals surface area contributed by atoms with Crippen molar-refractivity contribution in [2.24, 2.45) is 7.05 Å². The lowest BCUT2D eigenvalue weighted by molar-refractivity contribution is 0.416. The van der Waals surface area contributed by atoms with Gasteiger partial charge in [0.2, 0.25) is 0 Å². The van der Waals surface area contributed by atoms with E-state index in [-0.39, 0.29) is 0 Å². The molecule has 0 aliphatic carbocycles. The van der Waals surface area contributed by atoms with Crippen LogP contribution in [0, 0.1) is 11.3 Å². The quantitative estimate of drug-likeness (QED) is 0.855. The van der Waals surface area contributed by atoms with E-state index in [2.05, 4.69) is 21.0 Å². The fourth-order valence-corrected chi connectivity index (χ4v) is 2.34. The van der Waals surface area contributed by atoms with Crippen molar-refractivity contribution >= 4 is 15.9 Å². The maximum absolute atomic E-state index is 8.94. The third-order valence-electron chi connectivity index (χ3n) is 2.46. The molecule has 0 saturated heterocycles. The second-order valence-electron chi connectivity index (χ2n) is 3.45. The van der Waals surface area contributed by atoms with Crippen LogP contribution in [0.3, 0.4) is 0 Å². The summed E-state index contributed by atoms with van der Waals surface area (Å²) in [6, 6.07) is 9.67. The zero-order valence-corrected chi connectivity index (χ0v) is 11.0. The average Bonchev–Trinajstić information content (AvgIpc) is 2.64. The molecule has 86 valence electrons. The largest absolute Gasteiger partial charge is 0.496 e. The predicted octanol–water partition coefficient (Wildman–Crippen LogP) is 2.73. The summed E-state index contributed by atoms with van der Waals surface area (Å²) in [6.45, 7) is 0. The van der Waals surface area contributed by atoms with Crippen molar-refractivity contribution in [3.63, 3.8) is 0 Å². The Bertz CT molecular complexity index is 598. The van der Waals surface area contributed by atoms with E-state index in [0.717, 1.165) is 17.0 Å². The molecule has 2 rings (SSSR count). The Balaban J connectivity index is 2.69. The molecule has 0 radical (unpaired) electrons. The van der Waals surface area contributed by atoms with Crippen LogP contribution in [0.15, 0.2) is 28.7 Å². The summed E-state index contributed by atoms with van der Waals surface area (Å²) >= 11 is 3.40. The number of para-hydroxylation sites is 1. The van der Waals surface area contributed by atoms with E-state index < -0.39 is 0 Å². The number of hydrogen-bond acceptors (Lipinski definition) is 3. The first-order chi connectivity index (χ1) is 8.19. The SMILES string of the molecule is COc1ccccc1-c1c(Br)c(C#N)nn1C. The van der Waals surface area contributed by atoms with Gasteiger partial charge in [-0.2, -0.15) is 10.4 Å². The zero-order chi connectivity index (χ0) is 12.4. The maximum Gasteiger partial charge on any atom is 0.177 e. The first-order valence-corrected chi connectivity index (χ1v) is 5.74. The van der Waals surface area contributed by atoms with Crippen LogP contribution in [0.25, 0.3) is 11.3 Å². The van der Waals surface area contributed by atoms with Crippen molar-refractivity contribution in [2.45, 2.75) is 0 Å². The van der Waals surface area contributed by atoms with E-state index in [9.17, 15) is 0 Å². The third kappa shape index (κ3) is 1.92. The Morgan fingerprint density at radius 2 is 2.12 bits per heavy atom. The second-order valence-corrected chi connectivity index (χ2v) is 4.24. The van der Waals surface area contributed by atoms with Gasteiger partial charge in [0, 0.05) is 12.6 Å². The van der Waals surface area contributed by atoms with Crippen LogP contribution in [-0.4, -0.2) is 16.9 Å². The highest BCUT2D eigenvalue weighted by molar-refractivity contribution is 9.10. The molecule has 0 unspecified atom stereocenters. The fraction of sp³-hybridized carbons (Fsp3) is 0.167. The molecule has 0 fully saturated rings. The monoisotopic (exact) mass is 291 g/mol. The van der Waals surface area contributed by atoms with E-state index in [1.807, 2.05) is 30.3 Å². The van der Waals surface area contributed by atoms with Crippen LogP contribution in [0.4, 0.5) is 0 Å². The lowest BCUT2D eigenvalue weighted by atomic mass is 10.1. The van der Waals surface area contributed by atoms with Gasteiger partial charge in [-0.25, -0.2) is 0 Å². The van der Waals surface area contributed by atoms with Gasteiger partial charge in [-0.1, -0.05) is 12.1 Å². The van der Waals surface area contributed by atoms with Gasteiger partial charge >= 0.3 is 0 Å². The average molecular weight is 292 g/mol. The second kappa shape index (κ2) is 4.60. The number of halogens is 1. The number of aryl methyl sites for hydroxylation is 1. The maximum atomic E-state index is 8.94. The minimum atomic E-state index is 0.369. The number of benzene rings is 1. The number of aromatic nitrogens is 2. The normalized spacial score (nSPS) is 10.0. The summed E-state index contributed by atoms with van der Waals surface area (Å²) < 4.78 is 7.66. The minimum absolute atomic E-state index is 0.369. The molecular formula is C12H10BrN3O. The van der Waals surface area contributed by atoms with Gasteiger partial charge in [0.25, 0.3) is 0 Å². The number of nitriles is 1. The van der Waals surface area contributed by atoms with Crippen molar-refractivity contribution < 1.29 is 4.74 Å². The third-order valence-corrected chi connectivity index (χ3v) is 3.21. The van der Waals surface area contributed by atoms with Gasteiger partial charge in [-0.05, 0) is 28.1 Å². The highest BCUT2D eigenvalue weighted by Crippen LogP contribution is 2.35. The summed E-state index contributed by atoms with van der Waals surface area (Å²) in [5, 5.41) is 13.1. The lowest BCUT2D eigenvalue weighted by Crippen LogP contribution is -1.96. The van der Waals surface area contributed by atoms with Gasteiger partial charge in [0.15, 0.2) is 5.69 Å². The number of rotatable bonds is 2. The molecule has 2 aromatic rings. The van der Waals surface area contributed by atoms with Crippen LogP contribution >= 0.6 is 15.9 Å². The zero-order valence-electron chi connectivity index (χ0n) is 9.44. The van der Waals surface area contributed by atoms with Gasteiger partial charge in [-0.3, -0.25) is 4.68 Å². The Hall–Kier alpha value is -1.80. The molecule has 0 aliphatic rings. The molecule has 0 aliphatic heterocycles. The van der Waals surface area contributed by atoms with E-state index in [4.69, 9.17) is 10.00 Å². The lowest BCUT2D eigenvalue weighted by Gasteiger charge is -2.08. The van der Waals surface area contributed by atoms with Crippen molar-refractivity contribution in [3.8, 4) is 23.1 Å². The summed E-state index contributed by atoms with van der Waals surface area (Å²) in [5.74, 6) is 0.751. The molecule has 17 heavy (non-hydrogen) atoms. The van der Waals surface area contributed by atoms with Gasteiger partial charge in [0.1, 0.15) is 11.8 Å². The van der Waals surface area contributed by atoms with Crippen LogP contribution < -0.4 is 4.74 Å². The summed E-state index contributed by atoms with van der Waals surface area (Å²) in [6.07, 6.45) is 0. The summed E-state index contributed by atoms with van der Waals surface area (Å²) in [5.41, 5.74) is 2.10. The Morgan fingerprint density at radius 1 is 1.41 bits per heavy atom. The van der Waals surface area contributed by atoms with Crippen molar-refractivity contribution in [2.75, 3.05) is 7.11 Å². The molecule has 4 nitrogen and oxygen atoms in total. The van der Waals surface area contributed by atoms with Crippen molar-refractivity contribution in [1.82, 2.24) is 9.78 Å². The molecule has 0 spiro atoms. The number of ether oxygens (including phenoxy) is 1. The Labute approximate surface area is 108 Å². The smallest absolute Gasteiger partial charge is 0.177 e. The topological polar surface area (TPSA) is 50.8 Å². The first kappa shape index (κ1) is 11.7. The fourth-order valence-electron chi connectivity index (χ4n) is 1.70. The molecule has 0 amide bonds. The summed E-state index contributed by atoms with van der Waals surface area (Å²) in [4.78, 5) is 0. The van der Waals surface area contributed by atoms with Crippen LogP contribution in [0.1, 0.15) is 5.69 Å². The van der Waals surface area contributed by atoms with Crippen molar-refractivity contribution in [3.05, 3.63) is 34.4 Å². The van der Waals surface area contributed by atoms with E-state index >= 15 is 0 Å². The molecule has 0 atom stereocenters. The van der Waals surface area contributed by atoms with Crippen molar-refractivity contribution in [1.29, 1.82) is 5.26 Å².